The van der Waals surface area contributed by atoms with Gasteiger partial charge >= 0.3 is 0 Å². The molecule has 1 heterocycles. The number of nitrogens with one attached hydrogen (secondary N) is 1. The Hall–Kier alpha value is -1.57. The lowest BCUT2D eigenvalue weighted by molar-refractivity contribution is 1.09. The Labute approximate surface area is 83.6 Å². The Morgan fingerprint density at radius 1 is 1.36 bits per heavy atom. The minimum atomic E-state index is 0.979. The van der Waals surface area contributed by atoms with Gasteiger partial charge in [0.05, 0.1) is 11.2 Å². The molecule has 1 aromatic heterocycles. The van der Waals surface area contributed by atoms with E-state index in [1.165, 1.54) is 16.5 Å². The summed E-state index contributed by atoms with van der Waals surface area (Å²) in [6.07, 6.45) is 0. The van der Waals surface area contributed by atoms with E-state index in [9.17, 15) is 0 Å². The van der Waals surface area contributed by atoms with Gasteiger partial charge in [-0.05, 0) is 38.0 Å². The van der Waals surface area contributed by atoms with Gasteiger partial charge in [0.2, 0.25) is 0 Å². The van der Waals surface area contributed by atoms with E-state index in [0.717, 1.165) is 16.8 Å². The molecule has 0 bridgehead atoms. The summed E-state index contributed by atoms with van der Waals surface area (Å²) < 4.78 is 0. The van der Waals surface area contributed by atoms with Gasteiger partial charge in [0.1, 0.15) is 0 Å². The van der Waals surface area contributed by atoms with Gasteiger partial charge < -0.3 is 0 Å². The molecular weight excluding hydrogens is 172 g/mol. The molecular formula is C12H14N2. The number of H-pyrrole nitrogens is 1. The molecule has 0 aliphatic rings. The summed E-state index contributed by atoms with van der Waals surface area (Å²) >= 11 is 0. The van der Waals surface area contributed by atoms with Crippen LogP contribution in [-0.4, -0.2) is 10.2 Å². The number of allylic oxidation sites excluding steroid dienone is 1. The van der Waals surface area contributed by atoms with Gasteiger partial charge in [-0.25, -0.2) is 0 Å². The summed E-state index contributed by atoms with van der Waals surface area (Å²) in [5.74, 6) is 0. The number of aryl methyl sites for hydroxylation is 2. The van der Waals surface area contributed by atoms with Crippen molar-refractivity contribution in [1.29, 1.82) is 0 Å². The van der Waals surface area contributed by atoms with Crippen LogP contribution in [0.25, 0.3) is 16.5 Å². The van der Waals surface area contributed by atoms with E-state index in [2.05, 4.69) is 42.8 Å². The van der Waals surface area contributed by atoms with Crippen LogP contribution in [0.2, 0.25) is 0 Å². The largest absolute Gasteiger partial charge is 0.277 e. The summed E-state index contributed by atoms with van der Waals surface area (Å²) in [5, 5.41) is 8.50. The van der Waals surface area contributed by atoms with Crippen LogP contribution in [0.15, 0.2) is 18.7 Å². The molecule has 2 rings (SSSR count). The van der Waals surface area contributed by atoms with Gasteiger partial charge in [-0.1, -0.05) is 18.2 Å². The second kappa shape index (κ2) is 2.98. The molecule has 2 aromatic rings. The molecule has 2 nitrogen and oxygen atoms in total. The highest BCUT2D eigenvalue weighted by Gasteiger charge is 2.08. The zero-order chi connectivity index (χ0) is 10.3. The second-order valence-electron chi connectivity index (χ2n) is 3.86. The van der Waals surface area contributed by atoms with Crippen molar-refractivity contribution in [2.45, 2.75) is 20.8 Å². The first kappa shape index (κ1) is 9.00. The topological polar surface area (TPSA) is 28.7 Å². The fourth-order valence-electron chi connectivity index (χ4n) is 1.80. The summed E-state index contributed by atoms with van der Waals surface area (Å²) in [5.41, 5.74) is 5.60. The van der Waals surface area contributed by atoms with Crippen LogP contribution in [-0.2, 0) is 0 Å². The van der Waals surface area contributed by atoms with Gasteiger partial charge in [-0.2, -0.15) is 5.10 Å². The summed E-state index contributed by atoms with van der Waals surface area (Å²) in [4.78, 5) is 0. The van der Waals surface area contributed by atoms with E-state index in [4.69, 9.17) is 0 Å². The van der Waals surface area contributed by atoms with Crippen LogP contribution in [0, 0.1) is 13.8 Å². The number of benzene rings is 1. The van der Waals surface area contributed by atoms with Gasteiger partial charge in [0.15, 0.2) is 0 Å². The number of hydrogen-bond acceptors (Lipinski definition) is 1. The second-order valence-corrected chi connectivity index (χ2v) is 3.86. The van der Waals surface area contributed by atoms with Crippen molar-refractivity contribution in [3.05, 3.63) is 35.5 Å². The van der Waals surface area contributed by atoms with Crippen molar-refractivity contribution < 1.29 is 0 Å². The molecule has 0 saturated carbocycles. The van der Waals surface area contributed by atoms with Crippen molar-refractivity contribution in [1.82, 2.24) is 10.2 Å². The molecule has 72 valence electrons. The molecule has 1 aromatic carbocycles. The van der Waals surface area contributed by atoms with Crippen LogP contribution in [0.5, 0.6) is 0 Å². The summed E-state index contributed by atoms with van der Waals surface area (Å²) in [6, 6.07) is 4.30. The third-order valence-electron chi connectivity index (χ3n) is 2.42. The van der Waals surface area contributed by atoms with Crippen LogP contribution in [0.1, 0.15) is 23.7 Å². The Bertz CT molecular complexity index is 506. The molecule has 0 atom stereocenters. The number of rotatable bonds is 1. The Balaban J connectivity index is 2.85. The van der Waals surface area contributed by atoms with Gasteiger partial charge in [0, 0.05) is 5.39 Å². The Morgan fingerprint density at radius 2 is 2.07 bits per heavy atom. The monoisotopic (exact) mass is 186 g/mol. The molecule has 2 heteroatoms. The normalized spacial score (nSPS) is 10.8. The Morgan fingerprint density at radius 3 is 2.71 bits per heavy atom. The van der Waals surface area contributed by atoms with Gasteiger partial charge in [-0.3, -0.25) is 5.10 Å². The number of aromatic amines is 1. The van der Waals surface area contributed by atoms with E-state index < -0.39 is 0 Å². The highest BCUT2D eigenvalue weighted by molar-refractivity contribution is 5.91. The summed E-state index contributed by atoms with van der Waals surface area (Å²) in [7, 11) is 0. The lowest BCUT2D eigenvalue weighted by Crippen LogP contribution is -1.81. The highest BCUT2D eigenvalue weighted by atomic mass is 15.1. The van der Waals surface area contributed by atoms with Crippen molar-refractivity contribution in [2.75, 3.05) is 0 Å². The molecule has 0 saturated heterocycles. The molecule has 14 heavy (non-hydrogen) atoms. The molecule has 0 aliphatic carbocycles. The van der Waals surface area contributed by atoms with E-state index >= 15 is 0 Å². The first-order valence-corrected chi connectivity index (χ1v) is 4.71. The average Bonchev–Trinajstić information content (AvgIpc) is 2.47. The van der Waals surface area contributed by atoms with E-state index in [-0.39, 0.29) is 0 Å². The van der Waals surface area contributed by atoms with Crippen LogP contribution < -0.4 is 0 Å². The molecule has 0 unspecified atom stereocenters. The van der Waals surface area contributed by atoms with Crippen molar-refractivity contribution >= 4 is 16.5 Å². The van der Waals surface area contributed by atoms with Crippen molar-refractivity contribution in [2.24, 2.45) is 0 Å². The molecule has 0 spiro atoms. The van der Waals surface area contributed by atoms with Crippen molar-refractivity contribution in [3.8, 4) is 0 Å². The third kappa shape index (κ3) is 1.23. The van der Waals surface area contributed by atoms with Crippen molar-refractivity contribution in [3.63, 3.8) is 0 Å². The summed E-state index contributed by atoms with van der Waals surface area (Å²) in [6.45, 7) is 10.1. The third-order valence-corrected chi connectivity index (χ3v) is 2.42. The number of hydrogen-bond donors (Lipinski definition) is 1. The zero-order valence-electron chi connectivity index (χ0n) is 8.81. The van der Waals surface area contributed by atoms with Crippen LogP contribution in [0.4, 0.5) is 0 Å². The highest BCUT2D eigenvalue weighted by Crippen LogP contribution is 2.24. The van der Waals surface area contributed by atoms with Gasteiger partial charge in [-0.15, -0.1) is 0 Å². The minimum Gasteiger partial charge on any atom is -0.277 e. The predicted molar refractivity (Wildman–Crippen MR) is 60.3 cm³/mol. The maximum Gasteiger partial charge on any atom is 0.0950 e. The lowest BCUT2D eigenvalue weighted by atomic mass is 10.0. The lowest BCUT2D eigenvalue weighted by Gasteiger charge is -1.99. The first-order chi connectivity index (χ1) is 6.59. The Kier molecular flexibility index (Phi) is 1.92. The maximum atomic E-state index is 4.27. The molecule has 0 amide bonds. The van der Waals surface area contributed by atoms with E-state index in [1.54, 1.807) is 0 Å². The number of aromatic nitrogens is 2. The predicted octanol–water partition coefficient (Wildman–Crippen LogP) is 3.21. The standard InChI is InChI=1S/C12H14N2/c1-7(2)11-10-6-8(3)5-9(4)12(10)14-13-11/h5-6H,1H2,2-4H3,(H,13,14). The quantitative estimate of drug-likeness (QED) is 0.727. The van der Waals surface area contributed by atoms with E-state index in [0.29, 0.717) is 0 Å². The molecule has 0 radical (unpaired) electrons. The fraction of sp³-hybridized carbons (Fsp3) is 0.250. The molecule has 1 N–H and O–H groups in total. The molecule has 0 aliphatic heterocycles. The van der Waals surface area contributed by atoms with Gasteiger partial charge in [0.25, 0.3) is 0 Å². The fourth-order valence-corrected chi connectivity index (χ4v) is 1.80. The van der Waals surface area contributed by atoms with Crippen LogP contribution >= 0.6 is 0 Å². The maximum absolute atomic E-state index is 4.27. The van der Waals surface area contributed by atoms with E-state index in [1.807, 2.05) is 6.92 Å². The average molecular weight is 186 g/mol. The van der Waals surface area contributed by atoms with Crippen LogP contribution in [0.3, 0.4) is 0 Å². The SMILES string of the molecule is C=C(C)c1n[nH]c2c(C)cc(C)cc12. The number of nitrogens with zero attached hydrogens (tertiary/aromatic N) is 1. The first-order valence-electron chi connectivity index (χ1n) is 4.71. The zero-order valence-corrected chi connectivity index (χ0v) is 8.81. The minimum absolute atomic E-state index is 0.979. The smallest absolute Gasteiger partial charge is 0.0950 e. The number of fused-ring (bicyclic) bond motifs is 1. The molecule has 0 fully saturated rings.